The van der Waals surface area contributed by atoms with Crippen LogP contribution in [0.1, 0.15) is 15.9 Å². The van der Waals surface area contributed by atoms with E-state index in [1.54, 1.807) is 18.2 Å². The lowest BCUT2D eigenvalue weighted by molar-refractivity contribution is 0.0950. The van der Waals surface area contributed by atoms with Crippen molar-refractivity contribution in [2.24, 2.45) is 0 Å². The minimum absolute atomic E-state index is 0.196. The molecule has 0 atom stereocenters. The maximum Gasteiger partial charge on any atom is 0.251 e. The van der Waals surface area contributed by atoms with Crippen molar-refractivity contribution in [2.45, 2.75) is 6.54 Å². The fourth-order valence-electron chi connectivity index (χ4n) is 1.67. The Hall–Kier alpha value is -2.44. The molecule has 2 nitrogen and oxygen atoms in total. The quantitative estimate of drug-likeness (QED) is 0.526. The van der Waals surface area contributed by atoms with E-state index in [1.807, 2.05) is 0 Å². The predicted octanol–water partition coefficient (Wildman–Crippen LogP) is 3.31. The van der Waals surface area contributed by atoms with Gasteiger partial charge in [0.05, 0.1) is 0 Å². The summed E-state index contributed by atoms with van der Waals surface area (Å²) in [5.41, 5.74) is -0.892. The maximum absolute atomic E-state index is 13.4. The van der Waals surface area contributed by atoms with Gasteiger partial charge in [-0.3, -0.25) is 4.79 Å². The van der Waals surface area contributed by atoms with Crippen molar-refractivity contribution in [2.75, 3.05) is 0 Å². The molecule has 2 aromatic rings. The van der Waals surface area contributed by atoms with E-state index in [0.717, 1.165) is 0 Å². The van der Waals surface area contributed by atoms with Crippen LogP contribution in [0.25, 0.3) is 0 Å². The first-order valence-corrected chi connectivity index (χ1v) is 5.77. The van der Waals surface area contributed by atoms with Crippen molar-refractivity contribution in [1.82, 2.24) is 5.32 Å². The Labute approximate surface area is 116 Å². The number of hydrogen-bond acceptors (Lipinski definition) is 1. The van der Waals surface area contributed by atoms with E-state index < -0.39 is 47.1 Å². The molecule has 2 rings (SSSR count). The lowest BCUT2D eigenvalue weighted by Crippen LogP contribution is -2.24. The van der Waals surface area contributed by atoms with Crippen molar-refractivity contribution in [3.63, 3.8) is 0 Å². The van der Waals surface area contributed by atoms with Crippen LogP contribution in [0.3, 0.4) is 0 Å². The summed E-state index contributed by atoms with van der Waals surface area (Å²) in [6, 6.07) is 7.66. The molecule has 0 aliphatic carbocycles. The maximum atomic E-state index is 13.4. The Bertz CT molecular complexity index is 659. The lowest BCUT2D eigenvalue weighted by Gasteiger charge is -2.09. The summed E-state index contributed by atoms with van der Waals surface area (Å²) in [6.07, 6.45) is 0. The Balaban J connectivity index is 2.23. The summed E-state index contributed by atoms with van der Waals surface area (Å²) in [6.45, 7) is -0.820. The number of carbonyl (C=O) groups is 1. The predicted molar refractivity (Wildman–Crippen MR) is 63.8 cm³/mol. The molecule has 7 heteroatoms. The molecule has 110 valence electrons. The third-order valence-corrected chi connectivity index (χ3v) is 2.76. The second-order valence-corrected chi connectivity index (χ2v) is 4.10. The van der Waals surface area contributed by atoms with Crippen molar-refractivity contribution in [3.05, 3.63) is 70.5 Å². The lowest BCUT2D eigenvalue weighted by atomic mass is 10.1. The highest BCUT2D eigenvalue weighted by Crippen LogP contribution is 2.22. The van der Waals surface area contributed by atoms with Gasteiger partial charge in [0.1, 0.15) is 0 Å². The summed E-state index contributed by atoms with van der Waals surface area (Å²) in [7, 11) is 0. The molecule has 0 spiro atoms. The van der Waals surface area contributed by atoms with Gasteiger partial charge in [-0.15, -0.1) is 0 Å². The fraction of sp³-hybridized carbons (Fsp3) is 0.0714. The molecule has 1 N–H and O–H groups in total. The van der Waals surface area contributed by atoms with Gasteiger partial charge in [-0.1, -0.05) is 18.2 Å². The smallest absolute Gasteiger partial charge is 0.251 e. The molecule has 21 heavy (non-hydrogen) atoms. The molecule has 0 unspecified atom stereocenters. The van der Waals surface area contributed by atoms with E-state index in [9.17, 15) is 26.7 Å². The van der Waals surface area contributed by atoms with E-state index in [1.165, 1.54) is 12.1 Å². The summed E-state index contributed by atoms with van der Waals surface area (Å²) < 4.78 is 65.6. The minimum atomic E-state index is -2.23. The van der Waals surface area contributed by atoms with Gasteiger partial charge in [-0.25, -0.2) is 22.0 Å². The Morgan fingerprint density at radius 2 is 1.29 bits per heavy atom. The van der Waals surface area contributed by atoms with Crippen LogP contribution >= 0.6 is 0 Å². The molecule has 2 aromatic carbocycles. The molecule has 0 aliphatic rings. The monoisotopic (exact) mass is 301 g/mol. The molecule has 0 aromatic heterocycles. The second kappa shape index (κ2) is 5.90. The van der Waals surface area contributed by atoms with Crippen LogP contribution < -0.4 is 5.32 Å². The number of hydrogen-bond donors (Lipinski definition) is 1. The average molecular weight is 301 g/mol. The van der Waals surface area contributed by atoms with E-state index in [2.05, 4.69) is 5.32 Å². The molecular formula is C14H8F5NO. The number of halogens is 5. The molecule has 0 bridgehead atoms. The largest absolute Gasteiger partial charge is 0.348 e. The van der Waals surface area contributed by atoms with Crippen LogP contribution in [0.2, 0.25) is 0 Å². The molecule has 0 aliphatic heterocycles. The Kier molecular flexibility index (Phi) is 4.21. The highest BCUT2D eigenvalue weighted by atomic mass is 19.2. The van der Waals surface area contributed by atoms with E-state index in [4.69, 9.17) is 0 Å². The van der Waals surface area contributed by atoms with Crippen LogP contribution in [-0.4, -0.2) is 5.91 Å². The number of carbonyl (C=O) groups excluding carboxylic acids is 1. The molecule has 1 amide bonds. The van der Waals surface area contributed by atoms with Crippen LogP contribution in [-0.2, 0) is 6.54 Å². The zero-order valence-corrected chi connectivity index (χ0v) is 10.4. The molecule has 0 radical (unpaired) electrons. The minimum Gasteiger partial charge on any atom is -0.348 e. The van der Waals surface area contributed by atoms with Crippen LogP contribution in [0.15, 0.2) is 30.3 Å². The summed E-state index contributed by atoms with van der Waals surface area (Å²) >= 11 is 0. The zero-order chi connectivity index (χ0) is 15.6. The third-order valence-electron chi connectivity index (χ3n) is 2.76. The number of benzene rings is 2. The summed E-state index contributed by atoms with van der Waals surface area (Å²) in [5.74, 6) is -10.9. The van der Waals surface area contributed by atoms with E-state index in [0.29, 0.717) is 0 Å². The Morgan fingerprint density at radius 1 is 0.810 bits per heavy atom. The van der Waals surface area contributed by atoms with Crippen molar-refractivity contribution < 1.29 is 26.7 Å². The highest BCUT2D eigenvalue weighted by molar-refractivity contribution is 5.94. The van der Waals surface area contributed by atoms with Crippen molar-refractivity contribution in [1.29, 1.82) is 0 Å². The summed E-state index contributed by atoms with van der Waals surface area (Å²) in [5, 5.41) is 2.10. The van der Waals surface area contributed by atoms with Crippen molar-refractivity contribution >= 4 is 5.91 Å². The molecule has 0 heterocycles. The molecule has 0 saturated heterocycles. The van der Waals surface area contributed by atoms with E-state index >= 15 is 0 Å². The van der Waals surface area contributed by atoms with Gasteiger partial charge in [-0.05, 0) is 12.1 Å². The SMILES string of the molecule is O=C(NCc1c(F)c(F)c(F)c(F)c1F)c1ccccc1. The van der Waals surface area contributed by atoms with Gasteiger partial charge < -0.3 is 5.32 Å². The second-order valence-electron chi connectivity index (χ2n) is 4.10. The van der Waals surface area contributed by atoms with Gasteiger partial charge in [0.25, 0.3) is 5.91 Å². The topological polar surface area (TPSA) is 29.1 Å². The van der Waals surface area contributed by atoms with E-state index in [-0.39, 0.29) is 5.56 Å². The third kappa shape index (κ3) is 2.86. The van der Waals surface area contributed by atoms with Gasteiger partial charge in [0.2, 0.25) is 5.82 Å². The highest BCUT2D eigenvalue weighted by Gasteiger charge is 2.25. The normalized spacial score (nSPS) is 10.5. The van der Waals surface area contributed by atoms with Gasteiger partial charge in [0, 0.05) is 17.7 Å². The average Bonchev–Trinajstić information content (AvgIpc) is 2.51. The van der Waals surface area contributed by atoms with Crippen LogP contribution in [0.5, 0.6) is 0 Å². The van der Waals surface area contributed by atoms with Gasteiger partial charge in [0.15, 0.2) is 23.3 Å². The van der Waals surface area contributed by atoms with Crippen LogP contribution in [0.4, 0.5) is 22.0 Å². The number of nitrogens with one attached hydrogen (secondary N) is 1. The Morgan fingerprint density at radius 3 is 1.81 bits per heavy atom. The van der Waals surface area contributed by atoms with Gasteiger partial charge >= 0.3 is 0 Å². The standard InChI is InChI=1S/C14H8F5NO/c15-9-8(10(16)12(18)13(19)11(9)17)6-20-14(21)7-4-2-1-3-5-7/h1-5H,6H2,(H,20,21). The fourth-order valence-corrected chi connectivity index (χ4v) is 1.67. The first-order valence-electron chi connectivity index (χ1n) is 5.77. The first kappa shape index (κ1) is 15.0. The number of rotatable bonds is 3. The molecule has 0 saturated carbocycles. The van der Waals surface area contributed by atoms with Crippen LogP contribution in [0, 0.1) is 29.1 Å². The first-order chi connectivity index (χ1) is 9.93. The number of amides is 1. The molecule has 0 fully saturated rings. The zero-order valence-electron chi connectivity index (χ0n) is 10.4. The summed E-state index contributed by atoms with van der Waals surface area (Å²) in [4.78, 5) is 11.7. The molecular weight excluding hydrogens is 293 g/mol. The van der Waals surface area contributed by atoms with Gasteiger partial charge in [-0.2, -0.15) is 0 Å². The van der Waals surface area contributed by atoms with Crippen molar-refractivity contribution in [3.8, 4) is 0 Å².